The highest BCUT2D eigenvalue weighted by atomic mass is 16.5. The van der Waals surface area contributed by atoms with Crippen molar-refractivity contribution in [2.24, 2.45) is 5.73 Å². The monoisotopic (exact) mass is 241 g/mol. The molecule has 0 aliphatic carbocycles. The molecule has 2 rings (SSSR count). The minimum absolute atomic E-state index is 0.0138. The van der Waals surface area contributed by atoms with Crippen LogP contribution in [0, 0.1) is 0 Å². The van der Waals surface area contributed by atoms with E-state index in [-0.39, 0.29) is 12.5 Å². The van der Waals surface area contributed by atoms with Crippen molar-refractivity contribution in [3.8, 4) is 0 Å². The van der Waals surface area contributed by atoms with E-state index in [2.05, 4.69) is 0 Å². The number of carbonyl (C=O) groups excluding carboxylic acids is 1. The summed E-state index contributed by atoms with van der Waals surface area (Å²) in [5.41, 5.74) is 7.24. The molecule has 0 saturated heterocycles. The molecule has 3 nitrogen and oxygen atoms in total. The molecule has 1 amide bonds. The fourth-order valence-corrected chi connectivity index (χ4v) is 1.92. The van der Waals surface area contributed by atoms with Crippen molar-refractivity contribution in [1.29, 1.82) is 0 Å². The van der Waals surface area contributed by atoms with E-state index in [4.69, 9.17) is 10.5 Å². The number of rotatable bonds is 4. The Morgan fingerprint density at radius 2 is 1.39 bits per heavy atom. The van der Waals surface area contributed by atoms with Crippen molar-refractivity contribution in [1.82, 2.24) is 0 Å². The highest BCUT2D eigenvalue weighted by molar-refractivity contribution is 5.64. The summed E-state index contributed by atoms with van der Waals surface area (Å²) in [7, 11) is 0. The molecule has 0 bridgehead atoms. The molecular weight excluding hydrogens is 226 g/mol. The Morgan fingerprint density at radius 1 is 0.944 bits per heavy atom. The molecule has 0 saturated carbocycles. The third-order valence-corrected chi connectivity index (χ3v) is 2.80. The van der Waals surface area contributed by atoms with Gasteiger partial charge in [0.1, 0.15) is 6.61 Å². The van der Waals surface area contributed by atoms with Gasteiger partial charge in [0, 0.05) is 5.92 Å². The average Bonchev–Trinajstić information content (AvgIpc) is 2.41. The van der Waals surface area contributed by atoms with Gasteiger partial charge < -0.3 is 10.5 Å². The number of carbonyl (C=O) groups is 1. The molecule has 0 spiro atoms. The molecule has 92 valence electrons. The summed E-state index contributed by atoms with van der Waals surface area (Å²) in [5, 5.41) is 0. The molecule has 0 heterocycles. The van der Waals surface area contributed by atoms with Crippen LogP contribution in [-0.4, -0.2) is 12.7 Å². The molecule has 0 aromatic heterocycles. The van der Waals surface area contributed by atoms with Crippen molar-refractivity contribution in [2.45, 2.75) is 5.92 Å². The van der Waals surface area contributed by atoms with Crippen LogP contribution in [-0.2, 0) is 4.74 Å². The van der Waals surface area contributed by atoms with Gasteiger partial charge in [-0.05, 0) is 11.1 Å². The second kappa shape index (κ2) is 5.87. The lowest BCUT2D eigenvalue weighted by Crippen LogP contribution is -2.18. The van der Waals surface area contributed by atoms with Crippen LogP contribution in [0.5, 0.6) is 0 Å². The van der Waals surface area contributed by atoms with Gasteiger partial charge in [-0.2, -0.15) is 0 Å². The standard InChI is InChI=1S/C15H15NO2/c16-15(17)18-11-14(12-7-3-1-4-8-12)13-9-5-2-6-10-13/h1-10,14H,11H2,(H2,16,17). The fraction of sp³-hybridized carbons (Fsp3) is 0.133. The van der Waals surface area contributed by atoms with Crippen LogP contribution in [0.1, 0.15) is 17.0 Å². The molecule has 2 N–H and O–H groups in total. The molecular formula is C15H15NO2. The van der Waals surface area contributed by atoms with E-state index in [0.717, 1.165) is 11.1 Å². The van der Waals surface area contributed by atoms with Gasteiger partial charge in [-0.15, -0.1) is 0 Å². The van der Waals surface area contributed by atoms with E-state index in [1.54, 1.807) is 0 Å². The molecule has 3 heteroatoms. The van der Waals surface area contributed by atoms with E-state index >= 15 is 0 Å². The van der Waals surface area contributed by atoms with Gasteiger partial charge in [0.15, 0.2) is 0 Å². The zero-order chi connectivity index (χ0) is 12.8. The maximum Gasteiger partial charge on any atom is 0.404 e. The van der Waals surface area contributed by atoms with Crippen LogP contribution in [0.3, 0.4) is 0 Å². The maximum absolute atomic E-state index is 10.8. The second-order valence-corrected chi connectivity index (χ2v) is 4.00. The van der Waals surface area contributed by atoms with E-state index in [9.17, 15) is 4.79 Å². The van der Waals surface area contributed by atoms with Crippen molar-refractivity contribution in [3.05, 3.63) is 71.8 Å². The van der Waals surface area contributed by atoms with E-state index in [1.807, 2.05) is 60.7 Å². The van der Waals surface area contributed by atoms with Gasteiger partial charge in [-0.25, -0.2) is 4.79 Å². The zero-order valence-electron chi connectivity index (χ0n) is 9.95. The number of hydrogen-bond acceptors (Lipinski definition) is 2. The molecule has 2 aromatic rings. The topological polar surface area (TPSA) is 52.3 Å². The minimum Gasteiger partial charge on any atom is -0.449 e. The number of hydrogen-bond donors (Lipinski definition) is 1. The fourth-order valence-electron chi connectivity index (χ4n) is 1.92. The Kier molecular flexibility index (Phi) is 3.97. The Bertz CT molecular complexity index is 457. The Morgan fingerprint density at radius 3 is 1.78 bits per heavy atom. The van der Waals surface area contributed by atoms with E-state index in [1.165, 1.54) is 0 Å². The van der Waals surface area contributed by atoms with Crippen molar-refractivity contribution < 1.29 is 9.53 Å². The summed E-state index contributed by atoms with van der Waals surface area (Å²) < 4.78 is 4.95. The lowest BCUT2D eigenvalue weighted by Gasteiger charge is -2.17. The van der Waals surface area contributed by atoms with Crippen LogP contribution in [0.25, 0.3) is 0 Å². The van der Waals surface area contributed by atoms with Gasteiger partial charge >= 0.3 is 6.09 Å². The summed E-state index contributed by atoms with van der Waals surface area (Å²) in [4.78, 5) is 10.8. The van der Waals surface area contributed by atoms with Gasteiger partial charge in [-0.1, -0.05) is 60.7 Å². The predicted octanol–water partition coefficient (Wildman–Crippen LogP) is 2.91. The van der Waals surface area contributed by atoms with E-state index < -0.39 is 6.09 Å². The summed E-state index contributed by atoms with van der Waals surface area (Å²) in [6.07, 6.45) is -0.744. The molecule has 0 aliphatic rings. The van der Waals surface area contributed by atoms with Gasteiger partial charge in [0.05, 0.1) is 0 Å². The van der Waals surface area contributed by atoms with Crippen LogP contribution in [0.15, 0.2) is 60.7 Å². The maximum atomic E-state index is 10.8. The molecule has 0 aliphatic heterocycles. The predicted molar refractivity (Wildman–Crippen MR) is 70.3 cm³/mol. The zero-order valence-corrected chi connectivity index (χ0v) is 9.95. The summed E-state index contributed by atoms with van der Waals surface area (Å²) in [5.74, 6) is 0.0138. The lowest BCUT2D eigenvalue weighted by atomic mass is 9.92. The van der Waals surface area contributed by atoms with Crippen LogP contribution in [0.2, 0.25) is 0 Å². The van der Waals surface area contributed by atoms with Gasteiger partial charge in [-0.3, -0.25) is 0 Å². The van der Waals surface area contributed by atoms with Gasteiger partial charge in [0.25, 0.3) is 0 Å². The first-order valence-electron chi connectivity index (χ1n) is 5.79. The quantitative estimate of drug-likeness (QED) is 0.894. The van der Waals surface area contributed by atoms with Crippen molar-refractivity contribution in [2.75, 3.05) is 6.61 Å². The van der Waals surface area contributed by atoms with Gasteiger partial charge in [0.2, 0.25) is 0 Å². The molecule has 0 radical (unpaired) electrons. The Labute approximate surface area is 106 Å². The lowest BCUT2D eigenvalue weighted by molar-refractivity contribution is 0.153. The SMILES string of the molecule is NC(=O)OCC(c1ccccc1)c1ccccc1. The summed E-state index contributed by atoms with van der Waals surface area (Å²) in [6.45, 7) is 0.253. The molecule has 18 heavy (non-hydrogen) atoms. The number of primary amides is 1. The molecule has 2 aromatic carbocycles. The van der Waals surface area contributed by atoms with Crippen LogP contribution < -0.4 is 5.73 Å². The third-order valence-electron chi connectivity index (χ3n) is 2.80. The molecule has 0 unspecified atom stereocenters. The Balaban J connectivity index is 2.26. The van der Waals surface area contributed by atoms with Crippen molar-refractivity contribution >= 4 is 6.09 Å². The normalized spacial score (nSPS) is 10.3. The number of benzene rings is 2. The molecule has 0 fully saturated rings. The first-order valence-corrected chi connectivity index (χ1v) is 5.79. The average molecular weight is 241 g/mol. The van der Waals surface area contributed by atoms with E-state index in [0.29, 0.717) is 0 Å². The summed E-state index contributed by atoms with van der Waals surface area (Å²) >= 11 is 0. The third kappa shape index (κ3) is 3.10. The minimum atomic E-state index is -0.744. The second-order valence-electron chi connectivity index (χ2n) is 4.00. The van der Waals surface area contributed by atoms with Crippen molar-refractivity contribution in [3.63, 3.8) is 0 Å². The first kappa shape index (κ1) is 12.2. The number of ether oxygens (including phenoxy) is 1. The first-order chi connectivity index (χ1) is 8.77. The van der Waals surface area contributed by atoms with Crippen LogP contribution in [0.4, 0.5) is 4.79 Å². The largest absolute Gasteiger partial charge is 0.449 e. The Hall–Kier alpha value is -2.29. The smallest absolute Gasteiger partial charge is 0.404 e. The van der Waals surface area contributed by atoms with Crippen LogP contribution >= 0.6 is 0 Å². The molecule has 0 atom stereocenters. The summed E-state index contributed by atoms with van der Waals surface area (Å²) in [6, 6.07) is 19.9. The number of nitrogens with two attached hydrogens (primary N) is 1. The number of amides is 1. The highest BCUT2D eigenvalue weighted by Gasteiger charge is 2.15. The highest BCUT2D eigenvalue weighted by Crippen LogP contribution is 2.24.